The average Bonchev–Trinajstić information content (AvgIpc) is 1.97. The molecule has 0 atom stereocenters. The van der Waals surface area contributed by atoms with Gasteiger partial charge in [-0.15, -0.1) is 0 Å². The molecule has 1 amide bonds. The number of hydrogen-bond donors (Lipinski definition) is 1. The van der Waals surface area contributed by atoms with Crippen molar-refractivity contribution in [3.05, 3.63) is 0 Å². The molecule has 0 bridgehead atoms. The smallest absolute Gasteiger partial charge is 0.237 e. The minimum atomic E-state index is -0.142. The van der Waals surface area contributed by atoms with Gasteiger partial charge < -0.3 is 4.90 Å². The minimum Gasteiger partial charge on any atom is -0.327 e. The summed E-state index contributed by atoms with van der Waals surface area (Å²) in [5, 5.41) is 3.07. The summed E-state index contributed by atoms with van der Waals surface area (Å²) in [5.74, 6) is 0.167. The number of amides is 1. The fraction of sp³-hybridized carbons (Fsp3) is 0.833. The van der Waals surface area contributed by atoms with E-state index in [2.05, 4.69) is 5.32 Å². The second-order valence-electron chi connectivity index (χ2n) is 2.87. The first-order valence-corrected chi connectivity index (χ1v) is 3.06. The quantitative estimate of drug-likeness (QED) is 0.489. The molecular formula is C6H12N2O. The van der Waals surface area contributed by atoms with Gasteiger partial charge in [0, 0.05) is 7.05 Å². The number of hydrogen-bond acceptors (Lipinski definition) is 2. The van der Waals surface area contributed by atoms with Crippen LogP contribution in [0.1, 0.15) is 13.8 Å². The first-order valence-electron chi connectivity index (χ1n) is 3.06. The maximum Gasteiger partial charge on any atom is 0.237 e. The summed E-state index contributed by atoms with van der Waals surface area (Å²) >= 11 is 0. The zero-order chi connectivity index (χ0) is 7.07. The van der Waals surface area contributed by atoms with Crippen LogP contribution >= 0.6 is 0 Å². The zero-order valence-corrected chi connectivity index (χ0v) is 6.06. The van der Waals surface area contributed by atoms with Crippen LogP contribution in [0.15, 0.2) is 0 Å². The fourth-order valence-corrected chi connectivity index (χ4v) is 0.841. The molecule has 9 heavy (non-hydrogen) atoms. The Hall–Kier alpha value is -0.570. The number of rotatable bonds is 0. The number of nitrogens with one attached hydrogen (secondary N) is 1. The molecule has 0 saturated carbocycles. The first kappa shape index (κ1) is 6.55. The Balaban J connectivity index is 2.73. The zero-order valence-electron chi connectivity index (χ0n) is 6.06. The largest absolute Gasteiger partial charge is 0.327 e. The van der Waals surface area contributed by atoms with Gasteiger partial charge in [0.05, 0.1) is 12.2 Å². The Kier molecular flexibility index (Phi) is 1.24. The highest BCUT2D eigenvalue weighted by atomic mass is 16.2. The molecule has 0 aliphatic carbocycles. The molecule has 52 valence electrons. The maximum absolute atomic E-state index is 10.9. The Morgan fingerprint density at radius 2 is 2.22 bits per heavy atom. The van der Waals surface area contributed by atoms with E-state index >= 15 is 0 Å². The van der Waals surface area contributed by atoms with Gasteiger partial charge in [-0.05, 0) is 13.8 Å². The molecule has 3 heteroatoms. The standard InChI is InChI=1S/C6H12N2O/c1-6(2)7-4-5(9)8(6)3/h7H,4H2,1-3H3. The van der Waals surface area contributed by atoms with Gasteiger partial charge in [0.15, 0.2) is 0 Å². The lowest BCUT2D eigenvalue weighted by atomic mass is 10.2. The highest BCUT2D eigenvalue weighted by molar-refractivity contribution is 5.80. The van der Waals surface area contributed by atoms with E-state index in [4.69, 9.17) is 0 Å². The Bertz CT molecular complexity index is 142. The van der Waals surface area contributed by atoms with E-state index < -0.39 is 0 Å². The summed E-state index contributed by atoms with van der Waals surface area (Å²) in [6.45, 7) is 4.44. The van der Waals surface area contributed by atoms with Crippen molar-refractivity contribution in [3.63, 3.8) is 0 Å². The van der Waals surface area contributed by atoms with E-state index in [-0.39, 0.29) is 11.6 Å². The second kappa shape index (κ2) is 1.70. The second-order valence-corrected chi connectivity index (χ2v) is 2.87. The molecule has 0 unspecified atom stereocenters. The van der Waals surface area contributed by atoms with Gasteiger partial charge in [0.25, 0.3) is 0 Å². The third-order valence-electron chi connectivity index (χ3n) is 1.88. The van der Waals surface area contributed by atoms with Gasteiger partial charge in [-0.1, -0.05) is 0 Å². The summed E-state index contributed by atoms with van der Waals surface area (Å²) in [4.78, 5) is 12.6. The van der Waals surface area contributed by atoms with E-state index in [1.165, 1.54) is 0 Å². The number of nitrogens with zero attached hydrogens (tertiary/aromatic N) is 1. The van der Waals surface area contributed by atoms with Crippen molar-refractivity contribution in [1.29, 1.82) is 0 Å². The van der Waals surface area contributed by atoms with Crippen molar-refractivity contribution in [2.45, 2.75) is 19.5 Å². The van der Waals surface area contributed by atoms with Gasteiger partial charge in [0.1, 0.15) is 0 Å². The van der Waals surface area contributed by atoms with E-state index in [1.54, 1.807) is 4.90 Å². The SMILES string of the molecule is CN1C(=O)CNC1(C)C. The van der Waals surface area contributed by atoms with Crippen LogP contribution in [-0.2, 0) is 4.79 Å². The molecule has 1 aliphatic heterocycles. The van der Waals surface area contributed by atoms with Crippen molar-refractivity contribution in [3.8, 4) is 0 Å². The van der Waals surface area contributed by atoms with Crippen LogP contribution in [0.5, 0.6) is 0 Å². The van der Waals surface area contributed by atoms with E-state index in [0.29, 0.717) is 6.54 Å². The van der Waals surface area contributed by atoms with Crippen LogP contribution in [0, 0.1) is 0 Å². The average molecular weight is 128 g/mol. The van der Waals surface area contributed by atoms with Crippen molar-refractivity contribution in [2.75, 3.05) is 13.6 Å². The molecule has 1 aliphatic rings. The molecule has 1 fully saturated rings. The highest BCUT2D eigenvalue weighted by Gasteiger charge is 2.33. The summed E-state index contributed by atoms with van der Waals surface area (Å²) in [6.07, 6.45) is 0. The molecule has 1 N–H and O–H groups in total. The van der Waals surface area contributed by atoms with Crippen molar-refractivity contribution >= 4 is 5.91 Å². The normalized spacial score (nSPS) is 25.2. The van der Waals surface area contributed by atoms with Crippen LogP contribution in [0.25, 0.3) is 0 Å². The number of likely N-dealkylation sites (N-methyl/N-ethyl adjacent to an activating group) is 1. The van der Waals surface area contributed by atoms with E-state index in [9.17, 15) is 4.79 Å². The summed E-state index contributed by atoms with van der Waals surface area (Å²) in [7, 11) is 1.81. The Morgan fingerprint density at radius 3 is 2.33 bits per heavy atom. The summed E-state index contributed by atoms with van der Waals surface area (Å²) in [5.41, 5.74) is -0.142. The lowest BCUT2D eigenvalue weighted by Gasteiger charge is -2.26. The first-order chi connectivity index (χ1) is 4.04. The monoisotopic (exact) mass is 128 g/mol. The van der Waals surface area contributed by atoms with Crippen LogP contribution in [-0.4, -0.2) is 30.1 Å². The summed E-state index contributed by atoms with van der Waals surface area (Å²) < 4.78 is 0. The summed E-state index contributed by atoms with van der Waals surface area (Å²) in [6, 6.07) is 0. The van der Waals surface area contributed by atoms with Crippen LogP contribution in [0.3, 0.4) is 0 Å². The molecule has 1 heterocycles. The Labute approximate surface area is 55.0 Å². The maximum atomic E-state index is 10.9. The van der Waals surface area contributed by atoms with Crippen molar-refractivity contribution < 1.29 is 4.79 Å². The van der Waals surface area contributed by atoms with Crippen LogP contribution < -0.4 is 5.32 Å². The molecule has 0 aromatic carbocycles. The lowest BCUT2D eigenvalue weighted by molar-refractivity contribution is -0.128. The predicted molar refractivity (Wildman–Crippen MR) is 34.9 cm³/mol. The van der Waals surface area contributed by atoms with Gasteiger partial charge in [0.2, 0.25) is 5.91 Å². The molecule has 3 nitrogen and oxygen atoms in total. The topological polar surface area (TPSA) is 32.3 Å². The van der Waals surface area contributed by atoms with Crippen molar-refractivity contribution in [1.82, 2.24) is 10.2 Å². The highest BCUT2D eigenvalue weighted by Crippen LogP contribution is 2.12. The molecule has 1 saturated heterocycles. The molecule has 0 aromatic rings. The Morgan fingerprint density at radius 1 is 1.67 bits per heavy atom. The van der Waals surface area contributed by atoms with E-state index in [1.807, 2.05) is 20.9 Å². The van der Waals surface area contributed by atoms with Gasteiger partial charge >= 0.3 is 0 Å². The fourth-order valence-electron chi connectivity index (χ4n) is 0.841. The van der Waals surface area contributed by atoms with Gasteiger partial charge in [-0.2, -0.15) is 0 Å². The molecule has 0 aromatic heterocycles. The van der Waals surface area contributed by atoms with E-state index in [0.717, 1.165) is 0 Å². The van der Waals surface area contributed by atoms with Crippen LogP contribution in [0.2, 0.25) is 0 Å². The molecule has 0 spiro atoms. The third-order valence-corrected chi connectivity index (χ3v) is 1.88. The van der Waals surface area contributed by atoms with Crippen molar-refractivity contribution in [2.24, 2.45) is 0 Å². The molecule has 1 rings (SSSR count). The number of carbonyl (C=O) groups is 1. The van der Waals surface area contributed by atoms with Gasteiger partial charge in [-0.25, -0.2) is 0 Å². The molecule has 0 radical (unpaired) electrons. The predicted octanol–water partition coefficient (Wildman–Crippen LogP) is -0.216. The minimum absolute atomic E-state index is 0.142. The third kappa shape index (κ3) is 0.920. The van der Waals surface area contributed by atoms with Gasteiger partial charge in [-0.3, -0.25) is 10.1 Å². The van der Waals surface area contributed by atoms with Crippen LogP contribution in [0.4, 0.5) is 0 Å². The molecular weight excluding hydrogens is 116 g/mol. The number of carbonyl (C=O) groups excluding carboxylic acids is 1. The lowest BCUT2D eigenvalue weighted by Crippen LogP contribution is -2.44.